The van der Waals surface area contributed by atoms with Gasteiger partial charge in [0.2, 0.25) is 0 Å². The number of amides is 1. The highest BCUT2D eigenvalue weighted by Gasteiger charge is 2.27. The SMILES string of the molecule is CC(C)(C)OC(=O)N1CCC(Nc2ccc(S(C)(=O)=O)cc2Br)CC1. The van der Waals surface area contributed by atoms with E-state index >= 15 is 0 Å². The first kappa shape index (κ1) is 20.0. The first-order chi connectivity index (χ1) is 11.5. The summed E-state index contributed by atoms with van der Waals surface area (Å²) in [5.41, 5.74) is 0.362. The van der Waals surface area contributed by atoms with Gasteiger partial charge in [0.15, 0.2) is 9.84 Å². The summed E-state index contributed by atoms with van der Waals surface area (Å²) in [6.07, 6.45) is 2.53. The van der Waals surface area contributed by atoms with Crippen molar-refractivity contribution in [2.45, 2.75) is 50.2 Å². The normalized spacial score (nSPS) is 16.6. The lowest BCUT2D eigenvalue weighted by Crippen LogP contribution is -2.44. The molecule has 0 aliphatic carbocycles. The van der Waals surface area contributed by atoms with Crippen molar-refractivity contribution in [3.63, 3.8) is 0 Å². The van der Waals surface area contributed by atoms with Crippen LogP contribution in [0, 0.1) is 0 Å². The Bertz CT molecular complexity index is 736. The second-order valence-corrected chi connectivity index (χ2v) is 10.2. The molecular weight excluding hydrogens is 408 g/mol. The van der Waals surface area contributed by atoms with Gasteiger partial charge in [-0.15, -0.1) is 0 Å². The minimum absolute atomic E-state index is 0.221. The molecule has 1 aromatic carbocycles. The third-order valence-corrected chi connectivity index (χ3v) is 5.64. The summed E-state index contributed by atoms with van der Waals surface area (Å²) in [5.74, 6) is 0. The minimum atomic E-state index is -3.22. The van der Waals surface area contributed by atoms with Crippen LogP contribution in [0.1, 0.15) is 33.6 Å². The van der Waals surface area contributed by atoms with Crippen molar-refractivity contribution in [1.82, 2.24) is 4.90 Å². The van der Waals surface area contributed by atoms with Gasteiger partial charge in [-0.25, -0.2) is 13.2 Å². The molecule has 1 fully saturated rings. The fraction of sp³-hybridized carbons (Fsp3) is 0.588. The molecule has 0 atom stereocenters. The van der Waals surface area contributed by atoms with Crippen LogP contribution in [0.15, 0.2) is 27.6 Å². The van der Waals surface area contributed by atoms with E-state index in [0.717, 1.165) is 18.5 Å². The van der Waals surface area contributed by atoms with Gasteiger partial charge in [-0.05, 0) is 67.7 Å². The number of anilines is 1. The molecule has 2 rings (SSSR count). The molecule has 0 spiro atoms. The van der Waals surface area contributed by atoms with Gasteiger partial charge in [0.25, 0.3) is 0 Å². The lowest BCUT2D eigenvalue weighted by Gasteiger charge is -2.34. The highest BCUT2D eigenvalue weighted by molar-refractivity contribution is 9.10. The standard InChI is InChI=1S/C17H25BrN2O4S/c1-17(2,3)24-16(21)20-9-7-12(8-10-20)19-15-6-5-13(11-14(15)18)25(4,22)23/h5-6,11-12,19H,7-10H2,1-4H3. The van der Waals surface area contributed by atoms with Crippen LogP contribution in [-0.2, 0) is 14.6 Å². The van der Waals surface area contributed by atoms with Crippen molar-refractivity contribution in [2.75, 3.05) is 24.7 Å². The number of carbonyl (C=O) groups excluding carboxylic acids is 1. The number of rotatable bonds is 3. The summed E-state index contributed by atoms with van der Waals surface area (Å²) in [7, 11) is -3.22. The molecule has 1 aliphatic rings. The first-order valence-electron chi connectivity index (χ1n) is 8.20. The maximum Gasteiger partial charge on any atom is 0.410 e. The second-order valence-electron chi connectivity index (χ2n) is 7.30. The van der Waals surface area contributed by atoms with Crippen LogP contribution in [0.5, 0.6) is 0 Å². The molecule has 0 saturated carbocycles. The molecule has 0 aromatic heterocycles. The molecule has 1 aliphatic heterocycles. The number of ether oxygens (including phenoxy) is 1. The molecular formula is C17H25BrN2O4S. The number of nitrogens with zero attached hydrogens (tertiary/aromatic N) is 1. The van der Waals surface area contributed by atoms with Crippen LogP contribution >= 0.6 is 15.9 Å². The highest BCUT2D eigenvalue weighted by Crippen LogP contribution is 2.28. The van der Waals surface area contributed by atoms with Crippen molar-refractivity contribution < 1.29 is 17.9 Å². The number of halogens is 1. The van der Waals surface area contributed by atoms with Gasteiger partial charge in [-0.2, -0.15) is 0 Å². The molecule has 0 unspecified atom stereocenters. The number of carbonyl (C=O) groups is 1. The van der Waals surface area contributed by atoms with Gasteiger partial charge in [-0.1, -0.05) is 0 Å². The summed E-state index contributed by atoms with van der Waals surface area (Å²) in [6.45, 7) is 6.84. The van der Waals surface area contributed by atoms with Crippen LogP contribution in [0.4, 0.5) is 10.5 Å². The number of sulfone groups is 1. The Labute approximate surface area is 158 Å². The Morgan fingerprint density at radius 1 is 1.28 bits per heavy atom. The Balaban J connectivity index is 1.93. The average molecular weight is 433 g/mol. The molecule has 8 heteroatoms. The fourth-order valence-corrected chi connectivity index (χ4v) is 3.89. The largest absolute Gasteiger partial charge is 0.444 e. The molecule has 6 nitrogen and oxygen atoms in total. The van der Waals surface area contributed by atoms with E-state index in [1.165, 1.54) is 6.26 Å². The monoisotopic (exact) mass is 432 g/mol. The van der Waals surface area contributed by atoms with Crippen molar-refractivity contribution in [3.05, 3.63) is 22.7 Å². The van der Waals surface area contributed by atoms with Gasteiger partial charge in [0.1, 0.15) is 5.60 Å². The Kier molecular flexibility index (Phi) is 6.04. The number of hydrogen-bond acceptors (Lipinski definition) is 5. The highest BCUT2D eigenvalue weighted by atomic mass is 79.9. The number of likely N-dealkylation sites (tertiary alicyclic amines) is 1. The Morgan fingerprint density at radius 2 is 1.88 bits per heavy atom. The minimum Gasteiger partial charge on any atom is -0.444 e. The van der Waals surface area contributed by atoms with E-state index in [9.17, 15) is 13.2 Å². The summed E-state index contributed by atoms with van der Waals surface area (Å²) < 4.78 is 29.3. The summed E-state index contributed by atoms with van der Waals surface area (Å²) >= 11 is 3.42. The molecule has 1 amide bonds. The van der Waals surface area contributed by atoms with Gasteiger partial charge < -0.3 is 15.0 Å². The van der Waals surface area contributed by atoms with Crippen LogP contribution in [0.3, 0.4) is 0 Å². The van der Waals surface area contributed by atoms with Gasteiger partial charge >= 0.3 is 6.09 Å². The first-order valence-corrected chi connectivity index (χ1v) is 10.9. The van der Waals surface area contributed by atoms with Crippen LogP contribution in [-0.4, -0.2) is 50.4 Å². The lowest BCUT2D eigenvalue weighted by atomic mass is 10.0. The van der Waals surface area contributed by atoms with Crippen molar-refractivity contribution in [1.29, 1.82) is 0 Å². The van der Waals surface area contributed by atoms with Crippen LogP contribution in [0.25, 0.3) is 0 Å². The van der Waals surface area contributed by atoms with Crippen molar-refractivity contribution in [3.8, 4) is 0 Å². The molecule has 0 radical (unpaired) electrons. The molecule has 1 N–H and O–H groups in total. The second kappa shape index (κ2) is 7.53. The molecule has 25 heavy (non-hydrogen) atoms. The number of piperidine rings is 1. The third kappa shape index (κ3) is 5.88. The molecule has 1 aromatic rings. The maximum absolute atomic E-state index is 12.1. The topological polar surface area (TPSA) is 75.7 Å². The van der Waals surface area contributed by atoms with Crippen LogP contribution in [0.2, 0.25) is 0 Å². The van der Waals surface area contributed by atoms with Gasteiger partial charge in [0.05, 0.1) is 4.90 Å². The lowest BCUT2D eigenvalue weighted by molar-refractivity contribution is 0.0210. The van der Waals surface area contributed by atoms with Crippen LogP contribution < -0.4 is 5.32 Å². The molecule has 1 saturated heterocycles. The van der Waals surface area contributed by atoms with Gasteiger partial charge in [0, 0.05) is 35.5 Å². The van der Waals surface area contributed by atoms with E-state index in [0.29, 0.717) is 17.6 Å². The fourth-order valence-electron chi connectivity index (χ4n) is 2.60. The van der Waals surface area contributed by atoms with E-state index in [1.54, 1.807) is 23.1 Å². The summed E-state index contributed by atoms with van der Waals surface area (Å²) in [4.78, 5) is 14.1. The zero-order chi connectivity index (χ0) is 18.8. The van der Waals surface area contributed by atoms with E-state index < -0.39 is 15.4 Å². The molecule has 140 valence electrons. The predicted molar refractivity (Wildman–Crippen MR) is 102 cm³/mol. The van der Waals surface area contributed by atoms with E-state index in [4.69, 9.17) is 4.74 Å². The third-order valence-electron chi connectivity index (χ3n) is 3.87. The summed E-state index contributed by atoms with van der Waals surface area (Å²) in [5, 5.41) is 3.42. The van der Waals surface area contributed by atoms with Gasteiger partial charge in [-0.3, -0.25) is 0 Å². The predicted octanol–water partition coefficient (Wildman–Crippen LogP) is 3.66. The number of benzene rings is 1. The Morgan fingerprint density at radius 3 is 2.36 bits per heavy atom. The maximum atomic E-state index is 12.1. The number of nitrogens with one attached hydrogen (secondary N) is 1. The zero-order valence-electron chi connectivity index (χ0n) is 15.0. The quantitative estimate of drug-likeness (QED) is 0.788. The molecule has 1 heterocycles. The van der Waals surface area contributed by atoms with E-state index in [-0.39, 0.29) is 17.0 Å². The Hall–Kier alpha value is -1.28. The summed E-state index contributed by atoms with van der Waals surface area (Å²) in [6, 6.07) is 5.19. The van der Waals surface area contributed by atoms with Crippen molar-refractivity contribution in [2.24, 2.45) is 0 Å². The number of hydrogen-bond donors (Lipinski definition) is 1. The smallest absolute Gasteiger partial charge is 0.410 e. The molecule has 0 bridgehead atoms. The zero-order valence-corrected chi connectivity index (χ0v) is 17.4. The van der Waals surface area contributed by atoms with E-state index in [1.807, 2.05) is 20.8 Å². The van der Waals surface area contributed by atoms with Crippen molar-refractivity contribution >= 4 is 37.5 Å². The average Bonchev–Trinajstić information content (AvgIpc) is 2.47. The van der Waals surface area contributed by atoms with E-state index in [2.05, 4.69) is 21.2 Å².